The number of phenolic OH excluding ortho intramolecular Hbond substituents is 2. The number of aromatic nitrogens is 3. The van der Waals surface area contributed by atoms with Crippen molar-refractivity contribution in [2.24, 2.45) is 5.92 Å². The van der Waals surface area contributed by atoms with Crippen LogP contribution in [0, 0.1) is 5.92 Å². The van der Waals surface area contributed by atoms with Crippen molar-refractivity contribution in [3.63, 3.8) is 0 Å². The van der Waals surface area contributed by atoms with Gasteiger partial charge in [0.2, 0.25) is 0 Å². The smallest absolute Gasteiger partial charge is 0.276 e. The van der Waals surface area contributed by atoms with E-state index in [0.29, 0.717) is 41.2 Å². The van der Waals surface area contributed by atoms with E-state index in [2.05, 4.69) is 10.00 Å². The van der Waals surface area contributed by atoms with Gasteiger partial charge in [-0.2, -0.15) is 0 Å². The number of aromatic hydroxyl groups is 2. The van der Waals surface area contributed by atoms with E-state index in [9.17, 15) is 20.1 Å². The summed E-state index contributed by atoms with van der Waals surface area (Å²) in [5, 5.41) is 37.2. The Balaban J connectivity index is 1.52. The van der Waals surface area contributed by atoms with E-state index >= 15 is 0 Å². The summed E-state index contributed by atoms with van der Waals surface area (Å²) in [5.74, 6) is 0.0530. The highest BCUT2D eigenvalue weighted by Crippen LogP contribution is 2.63. The molecule has 0 spiro atoms. The van der Waals surface area contributed by atoms with Crippen LogP contribution in [0.3, 0.4) is 0 Å². The molecular formula is C25H28N4O4. The van der Waals surface area contributed by atoms with Crippen LogP contribution in [0.25, 0.3) is 5.65 Å². The van der Waals surface area contributed by atoms with Gasteiger partial charge in [-0.3, -0.25) is 14.8 Å². The first-order valence-corrected chi connectivity index (χ1v) is 11.9. The highest BCUT2D eigenvalue weighted by Gasteiger charge is 2.68. The second-order valence-electron chi connectivity index (χ2n) is 10.6. The fourth-order valence-electron chi connectivity index (χ4n) is 7.40. The summed E-state index contributed by atoms with van der Waals surface area (Å²) in [5.41, 5.74) is 1.12. The first-order chi connectivity index (χ1) is 15.8. The molecule has 33 heavy (non-hydrogen) atoms. The lowest BCUT2D eigenvalue weighted by Crippen LogP contribution is -2.75. The standard InChI is InChI=1S/C25H28N4O4/c1-13-21-16(23(32)29-19(27-21)6-8-26-29)11-25(33)18-10-15-4-5-17(30)22(31)20(15)24(13,25)7-9-28(18)12-14-2-3-14/h4-6,8,13-14,18,26,30-31,33H,2-3,7,9-12H2,1H3/t13-,18+,24+,25+/m0/s1. The van der Waals surface area contributed by atoms with Gasteiger partial charge < -0.3 is 15.3 Å². The number of hydrogen-bond acceptors (Lipinski definition) is 6. The summed E-state index contributed by atoms with van der Waals surface area (Å²) < 4.78 is 1.44. The molecule has 3 aromatic rings. The predicted molar refractivity (Wildman–Crippen MR) is 121 cm³/mol. The molecule has 1 saturated carbocycles. The predicted octanol–water partition coefficient (Wildman–Crippen LogP) is 1.80. The maximum absolute atomic E-state index is 13.4. The number of hydrogen-bond donors (Lipinski definition) is 4. The minimum Gasteiger partial charge on any atom is -0.504 e. The topological polar surface area (TPSA) is 114 Å². The number of H-pyrrole nitrogens is 1. The van der Waals surface area contributed by atoms with E-state index < -0.39 is 11.0 Å². The minimum atomic E-state index is -1.26. The normalized spacial score (nSPS) is 32.9. The summed E-state index contributed by atoms with van der Waals surface area (Å²) >= 11 is 0. The van der Waals surface area contributed by atoms with Crippen molar-refractivity contribution in [3.8, 4) is 11.5 Å². The Kier molecular flexibility index (Phi) is 3.67. The van der Waals surface area contributed by atoms with E-state index in [4.69, 9.17) is 4.98 Å². The third kappa shape index (κ3) is 2.28. The first kappa shape index (κ1) is 19.6. The van der Waals surface area contributed by atoms with Crippen molar-refractivity contribution in [2.75, 3.05) is 13.1 Å². The Labute approximate surface area is 190 Å². The molecule has 4 aliphatic rings. The molecule has 2 bridgehead atoms. The number of piperidine rings is 1. The molecule has 1 aliphatic heterocycles. The average Bonchev–Trinajstić information content (AvgIpc) is 3.47. The molecule has 172 valence electrons. The number of rotatable bonds is 2. The van der Waals surface area contributed by atoms with Crippen LogP contribution in [0.4, 0.5) is 0 Å². The van der Waals surface area contributed by atoms with E-state index in [1.807, 2.05) is 13.0 Å². The Morgan fingerprint density at radius 1 is 1.24 bits per heavy atom. The summed E-state index contributed by atoms with van der Waals surface area (Å²) in [6.07, 6.45) is 5.54. The van der Waals surface area contributed by atoms with Crippen LogP contribution in [0.2, 0.25) is 0 Å². The van der Waals surface area contributed by atoms with Crippen LogP contribution in [0.5, 0.6) is 11.5 Å². The molecule has 7 rings (SSSR count). The average molecular weight is 449 g/mol. The SMILES string of the molecule is C[C@H]1c2nc3cc[nH]n3c(=O)c2C[C@@]2(O)[C@H]3Cc4ccc(O)c(O)c4[C@@]12CCN3CC1CC1. The molecule has 1 aromatic carbocycles. The quantitative estimate of drug-likeness (QED) is 0.445. The van der Waals surface area contributed by atoms with Crippen molar-refractivity contribution < 1.29 is 15.3 Å². The Hall–Kier alpha value is -2.84. The summed E-state index contributed by atoms with van der Waals surface area (Å²) in [4.78, 5) is 20.7. The Bertz CT molecular complexity index is 1370. The van der Waals surface area contributed by atoms with E-state index in [0.717, 1.165) is 18.7 Å². The molecule has 2 fully saturated rings. The van der Waals surface area contributed by atoms with Crippen molar-refractivity contribution in [3.05, 3.63) is 57.1 Å². The van der Waals surface area contributed by atoms with Crippen molar-refractivity contribution >= 4 is 5.65 Å². The van der Waals surface area contributed by atoms with Crippen LogP contribution in [-0.2, 0) is 18.3 Å². The lowest BCUT2D eigenvalue weighted by molar-refractivity contribution is -0.160. The molecule has 0 unspecified atom stereocenters. The van der Waals surface area contributed by atoms with Gasteiger partial charge in [0.05, 0.1) is 11.3 Å². The van der Waals surface area contributed by atoms with Crippen LogP contribution in [0.15, 0.2) is 29.2 Å². The molecular weight excluding hydrogens is 420 g/mol. The van der Waals surface area contributed by atoms with Crippen molar-refractivity contribution in [2.45, 2.75) is 62.0 Å². The number of likely N-dealkylation sites (tertiary alicyclic amines) is 1. The molecule has 0 amide bonds. The number of phenols is 2. The maximum Gasteiger partial charge on any atom is 0.276 e. The van der Waals surface area contributed by atoms with Gasteiger partial charge in [-0.05, 0) is 49.8 Å². The van der Waals surface area contributed by atoms with Gasteiger partial charge in [-0.25, -0.2) is 9.50 Å². The van der Waals surface area contributed by atoms with Gasteiger partial charge in [0.1, 0.15) is 0 Å². The largest absolute Gasteiger partial charge is 0.504 e. The third-order valence-electron chi connectivity index (χ3n) is 9.12. The first-order valence-electron chi connectivity index (χ1n) is 11.9. The zero-order valence-corrected chi connectivity index (χ0v) is 18.6. The monoisotopic (exact) mass is 448 g/mol. The molecule has 1 saturated heterocycles. The molecule has 4 N–H and O–H groups in total. The van der Waals surface area contributed by atoms with Gasteiger partial charge in [0.15, 0.2) is 17.1 Å². The fourth-order valence-corrected chi connectivity index (χ4v) is 7.40. The summed E-state index contributed by atoms with van der Waals surface area (Å²) in [6, 6.07) is 5.04. The van der Waals surface area contributed by atoms with Gasteiger partial charge in [0, 0.05) is 53.7 Å². The molecule has 8 heteroatoms. The van der Waals surface area contributed by atoms with E-state index in [-0.39, 0.29) is 35.4 Å². The van der Waals surface area contributed by atoms with E-state index in [1.54, 1.807) is 18.3 Å². The molecule has 3 heterocycles. The number of aromatic amines is 1. The Morgan fingerprint density at radius 3 is 2.85 bits per heavy atom. The number of benzene rings is 1. The summed E-state index contributed by atoms with van der Waals surface area (Å²) in [6.45, 7) is 3.78. The molecule has 0 radical (unpaired) electrons. The van der Waals surface area contributed by atoms with Crippen molar-refractivity contribution in [1.82, 2.24) is 19.5 Å². The highest BCUT2D eigenvalue weighted by molar-refractivity contribution is 5.61. The minimum absolute atomic E-state index is 0.144. The van der Waals surface area contributed by atoms with E-state index in [1.165, 1.54) is 17.4 Å². The molecule has 8 nitrogen and oxygen atoms in total. The lowest BCUT2D eigenvalue weighted by atomic mass is 9.46. The van der Waals surface area contributed by atoms with Gasteiger partial charge in [0.25, 0.3) is 5.56 Å². The highest BCUT2D eigenvalue weighted by atomic mass is 16.3. The van der Waals surface area contributed by atoms with Gasteiger partial charge in [-0.1, -0.05) is 13.0 Å². The van der Waals surface area contributed by atoms with Crippen LogP contribution < -0.4 is 5.56 Å². The number of aliphatic hydroxyl groups is 1. The van der Waals surface area contributed by atoms with Crippen LogP contribution >= 0.6 is 0 Å². The second-order valence-corrected chi connectivity index (χ2v) is 10.6. The lowest BCUT2D eigenvalue weighted by Gasteiger charge is -2.65. The van der Waals surface area contributed by atoms with Crippen molar-refractivity contribution in [1.29, 1.82) is 0 Å². The fraction of sp³-hybridized carbons (Fsp3) is 0.520. The van der Waals surface area contributed by atoms with Gasteiger partial charge in [-0.15, -0.1) is 0 Å². The third-order valence-corrected chi connectivity index (χ3v) is 9.12. The summed E-state index contributed by atoms with van der Waals surface area (Å²) in [7, 11) is 0. The number of fused-ring (bicyclic) bond motifs is 3. The Morgan fingerprint density at radius 2 is 2.06 bits per heavy atom. The van der Waals surface area contributed by atoms with Gasteiger partial charge >= 0.3 is 0 Å². The van der Waals surface area contributed by atoms with Crippen LogP contribution in [-0.4, -0.2) is 59.5 Å². The second kappa shape index (κ2) is 6.18. The number of nitrogens with zero attached hydrogens (tertiary/aromatic N) is 3. The van der Waals surface area contributed by atoms with Crippen LogP contribution in [0.1, 0.15) is 54.5 Å². The molecule has 4 atom stereocenters. The maximum atomic E-state index is 13.4. The number of nitrogens with one attached hydrogen (secondary N) is 1. The molecule has 3 aliphatic carbocycles. The molecule has 2 aromatic heterocycles. The zero-order valence-electron chi connectivity index (χ0n) is 18.6. The zero-order chi connectivity index (χ0) is 22.7.